The van der Waals surface area contributed by atoms with Gasteiger partial charge in [0, 0.05) is 30.6 Å². The molecule has 1 heterocycles. The van der Waals surface area contributed by atoms with Crippen LogP contribution < -0.4 is 5.73 Å². The fourth-order valence-electron chi connectivity index (χ4n) is 2.08. The zero-order valence-electron chi connectivity index (χ0n) is 11.0. The smallest absolute Gasteiger partial charge is 0.410 e. The molecule has 2 N–H and O–H groups in total. The Morgan fingerprint density at radius 3 is 2.95 bits per heavy atom. The lowest BCUT2D eigenvalue weighted by Gasteiger charge is -2.16. The van der Waals surface area contributed by atoms with Gasteiger partial charge in [-0.25, -0.2) is 4.79 Å². The molecule has 0 unspecified atom stereocenters. The molecule has 0 bridgehead atoms. The van der Waals surface area contributed by atoms with Crippen LogP contribution >= 0.6 is 11.8 Å². The van der Waals surface area contributed by atoms with Crippen LogP contribution in [0.2, 0.25) is 0 Å². The SMILES string of the molecule is NCCS[C@H]1CCN(C(=O)OCc2ccccc2)C1. The molecule has 5 heteroatoms. The summed E-state index contributed by atoms with van der Waals surface area (Å²) in [6.45, 7) is 2.60. The summed E-state index contributed by atoms with van der Waals surface area (Å²) in [5, 5.41) is 0.507. The molecule has 0 radical (unpaired) electrons. The minimum Gasteiger partial charge on any atom is -0.445 e. The second-order valence-electron chi connectivity index (χ2n) is 4.56. The molecule has 0 aliphatic carbocycles. The number of carbonyl (C=O) groups excluding carboxylic acids is 1. The van der Waals surface area contributed by atoms with Gasteiger partial charge in [0.05, 0.1) is 0 Å². The fraction of sp³-hybridized carbons (Fsp3) is 0.500. The summed E-state index contributed by atoms with van der Waals surface area (Å²) in [6.07, 6.45) is 0.824. The lowest BCUT2D eigenvalue weighted by molar-refractivity contribution is 0.104. The monoisotopic (exact) mass is 280 g/mol. The van der Waals surface area contributed by atoms with E-state index < -0.39 is 0 Å². The van der Waals surface area contributed by atoms with Crippen LogP contribution in [0.25, 0.3) is 0 Å². The van der Waals surface area contributed by atoms with Crippen molar-refractivity contribution in [1.29, 1.82) is 0 Å². The van der Waals surface area contributed by atoms with Crippen LogP contribution in [0.5, 0.6) is 0 Å². The predicted molar refractivity (Wildman–Crippen MR) is 78.1 cm³/mol. The van der Waals surface area contributed by atoms with Crippen molar-refractivity contribution in [2.75, 3.05) is 25.4 Å². The van der Waals surface area contributed by atoms with Crippen LogP contribution in [0.4, 0.5) is 4.79 Å². The molecule has 0 aromatic heterocycles. The molecule has 104 valence electrons. The molecule has 0 saturated carbocycles. The number of amides is 1. The van der Waals surface area contributed by atoms with E-state index in [0.717, 1.165) is 30.8 Å². The Labute approximate surface area is 118 Å². The zero-order valence-corrected chi connectivity index (χ0v) is 11.8. The van der Waals surface area contributed by atoms with Crippen molar-refractivity contribution in [3.05, 3.63) is 35.9 Å². The van der Waals surface area contributed by atoms with Crippen LogP contribution in [-0.4, -0.2) is 41.6 Å². The average Bonchev–Trinajstić information content (AvgIpc) is 2.92. The quantitative estimate of drug-likeness (QED) is 0.897. The Balaban J connectivity index is 1.72. The molecular weight excluding hydrogens is 260 g/mol. The lowest BCUT2D eigenvalue weighted by Crippen LogP contribution is -2.29. The Morgan fingerprint density at radius 2 is 2.21 bits per heavy atom. The number of rotatable bonds is 5. The normalized spacial score (nSPS) is 18.6. The molecule has 1 atom stereocenters. The van der Waals surface area contributed by atoms with Gasteiger partial charge in [-0.15, -0.1) is 0 Å². The third kappa shape index (κ3) is 4.44. The molecule has 1 aliphatic heterocycles. The third-order valence-corrected chi connectivity index (χ3v) is 4.41. The number of hydrogen-bond donors (Lipinski definition) is 1. The Morgan fingerprint density at radius 1 is 1.42 bits per heavy atom. The Kier molecular flexibility index (Phi) is 5.54. The topological polar surface area (TPSA) is 55.6 Å². The number of hydrogen-bond acceptors (Lipinski definition) is 4. The first-order valence-electron chi connectivity index (χ1n) is 6.57. The minimum absolute atomic E-state index is 0.209. The molecular formula is C14H20N2O2S. The molecule has 2 rings (SSSR count). The number of benzene rings is 1. The second-order valence-corrected chi connectivity index (χ2v) is 5.96. The van der Waals surface area contributed by atoms with Crippen molar-refractivity contribution in [3.8, 4) is 0 Å². The van der Waals surface area contributed by atoms with E-state index in [0.29, 0.717) is 18.4 Å². The molecule has 1 amide bonds. The van der Waals surface area contributed by atoms with Crippen molar-refractivity contribution in [2.24, 2.45) is 5.73 Å². The zero-order chi connectivity index (χ0) is 13.5. The van der Waals surface area contributed by atoms with Gasteiger partial charge in [0.15, 0.2) is 0 Å². The first-order chi connectivity index (χ1) is 9.29. The number of nitrogens with two attached hydrogens (primary N) is 1. The van der Waals surface area contributed by atoms with E-state index in [1.54, 1.807) is 4.90 Å². The largest absolute Gasteiger partial charge is 0.445 e. The van der Waals surface area contributed by atoms with Gasteiger partial charge < -0.3 is 15.4 Å². The van der Waals surface area contributed by atoms with Gasteiger partial charge in [-0.3, -0.25) is 0 Å². The standard InChI is InChI=1S/C14H20N2O2S/c15-7-9-19-13-6-8-16(10-13)14(17)18-11-12-4-2-1-3-5-12/h1-5,13H,6-11,15H2/t13-/m0/s1. The van der Waals surface area contributed by atoms with Gasteiger partial charge in [-0.2, -0.15) is 11.8 Å². The number of ether oxygens (including phenoxy) is 1. The maximum Gasteiger partial charge on any atom is 0.410 e. The molecule has 1 aromatic rings. The number of likely N-dealkylation sites (tertiary alicyclic amines) is 1. The Hall–Kier alpha value is -1.20. The molecule has 1 fully saturated rings. The fourth-order valence-corrected chi connectivity index (χ4v) is 3.10. The molecule has 1 aliphatic rings. The van der Waals surface area contributed by atoms with Gasteiger partial charge in [0.2, 0.25) is 0 Å². The van der Waals surface area contributed by atoms with Crippen molar-refractivity contribution in [3.63, 3.8) is 0 Å². The summed E-state index contributed by atoms with van der Waals surface area (Å²) in [6, 6.07) is 9.75. The maximum absolute atomic E-state index is 11.9. The summed E-state index contributed by atoms with van der Waals surface area (Å²) in [4.78, 5) is 13.7. The highest BCUT2D eigenvalue weighted by Crippen LogP contribution is 2.22. The molecule has 1 saturated heterocycles. The van der Waals surface area contributed by atoms with Crippen LogP contribution in [0.1, 0.15) is 12.0 Å². The van der Waals surface area contributed by atoms with E-state index in [4.69, 9.17) is 10.5 Å². The lowest BCUT2D eigenvalue weighted by atomic mass is 10.2. The van der Waals surface area contributed by atoms with E-state index in [1.807, 2.05) is 42.1 Å². The molecule has 4 nitrogen and oxygen atoms in total. The van der Waals surface area contributed by atoms with Gasteiger partial charge in [0.1, 0.15) is 6.61 Å². The van der Waals surface area contributed by atoms with E-state index in [2.05, 4.69) is 0 Å². The summed E-state index contributed by atoms with van der Waals surface area (Å²) in [5.41, 5.74) is 6.50. The van der Waals surface area contributed by atoms with Gasteiger partial charge >= 0.3 is 6.09 Å². The van der Waals surface area contributed by atoms with Crippen molar-refractivity contribution < 1.29 is 9.53 Å². The first kappa shape index (κ1) is 14.2. The summed E-state index contributed by atoms with van der Waals surface area (Å²) in [5.74, 6) is 0.956. The van der Waals surface area contributed by atoms with Crippen molar-refractivity contribution in [1.82, 2.24) is 4.90 Å². The predicted octanol–water partition coefficient (Wildman–Crippen LogP) is 2.09. The first-order valence-corrected chi connectivity index (χ1v) is 7.62. The van der Waals surface area contributed by atoms with Gasteiger partial charge in [-0.05, 0) is 12.0 Å². The molecule has 19 heavy (non-hydrogen) atoms. The average molecular weight is 280 g/mol. The number of carbonyl (C=O) groups is 1. The molecule has 0 spiro atoms. The van der Waals surface area contributed by atoms with E-state index in [-0.39, 0.29) is 6.09 Å². The van der Waals surface area contributed by atoms with Crippen LogP contribution in [0, 0.1) is 0 Å². The third-order valence-electron chi connectivity index (χ3n) is 3.08. The van der Waals surface area contributed by atoms with Crippen LogP contribution in [0.15, 0.2) is 30.3 Å². The summed E-state index contributed by atoms with van der Waals surface area (Å²) in [7, 11) is 0. The van der Waals surface area contributed by atoms with Crippen LogP contribution in [-0.2, 0) is 11.3 Å². The van der Waals surface area contributed by atoms with E-state index in [1.165, 1.54) is 0 Å². The summed E-state index contributed by atoms with van der Waals surface area (Å²) < 4.78 is 5.32. The minimum atomic E-state index is -0.209. The maximum atomic E-state index is 11.9. The highest BCUT2D eigenvalue weighted by Gasteiger charge is 2.27. The highest BCUT2D eigenvalue weighted by molar-refractivity contribution is 7.99. The second kappa shape index (κ2) is 7.40. The van der Waals surface area contributed by atoms with Crippen molar-refractivity contribution >= 4 is 17.9 Å². The van der Waals surface area contributed by atoms with E-state index in [9.17, 15) is 4.79 Å². The van der Waals surface area contributed by atoms with Gasteiger partial charge in [0.25, 0.3) is 0 Å². The van der Waals surface area contributed by atoms with Crippen molar-refractivity contribution in [2.45, 2.75) is 18.3 Å². The summed E-state index contributed by atoms with van der Waals surface area (Å²) >= 11 is 1.85. The highest BCUT2D eigenvalue weighted by atomic mass is 32.2. The van der Waals surface area contributed by atoms with Crippen LogP contribution in [0.3, 0.4) is 0 Å². The molecule has 1 aromatic carbocycles. The van der Waals surface area contributed by atoms with Gasteiger partial charge in [-0.1, -0.05) is 30.3 Å². The number of nitrogens with zero attached hydrogens (tertiary/aromatic N) is 1. The Bertz CT molecular complexity index is 400. The number of thioether (sulfide) groups is 1. The van der Waals surface area contributed by atoms with E-state index >= 15 is 0 Å².